The van der Waals surface area contributed by atoms with Crippen LogP contribution in [-0.4, -0.2) is 35.5 Å². The maximum absolute atomic E-state index is 11.0. The lowest BCUT2D eigenvalue weighted by Gasteiger charge is -2.18. The molecule has 1 N–H and O–H groups in total. The molecule has 1 heterocycles. The van der Waals surface area contributed by atoms with Gasteiger partial charge in [-0.3, -0.25) is 10.1 Å². The predicted octanol–water partition coefficient (Wildman–Crippen LogP) is 1.52. The summed E-state index contributed by atoms with van der Waals surface area (Å²) in [5, 5.41) is 13.8. The molecule has 7 nitrogen and oxygen atoms in total. The number of hydrogen-bond donors (Lipinski definition) is 1. The van der Waals surface area contributed by atoms with Gasteiger partial charge in [0.2, 0.25) is 11.8 Å². The van der Waals surface area contributed by atoms with E-state index in [0.29, 0.717) is 23.6 Å². The molecule has 1 aromatic rings. The van der Waals surface area contributed by atoms with Crippen molar-refractivity contribution in [1.29, 1.82) is 0 Å². The van der Waals surface area contributed by atoms with Crippen molar-refractivity contribution in [3.63, 3.8) is 0 Å². The SMILES string of the molecule is CNc1ncc([N+](=O)[O-])c(N(C)CC2CC2C)n1. The Kier molecular flexibility index (Phi) is 3.31. The lowest BCUT2D eigenvalue weighted by molar-refractivity contribution is -0.384. The van der Waals surface area contributed by atoms with Crippen LogP contribution in [0.25, 0.3) is 0 Å². The predicted molar refractivity (Wildman–Crippen MR) is 68.8 cm³/mol. The lowest BCUT2D eigenvalue weighted by Crippen LogP contribution is -2.23. The fourth-order valence-corrected chi connectivity index (χ4v) is 1.99. The molecule has 0 bridgehead atoms. The highest BCUT2D eigenvalue weighted by Crippen LogP contribution is 2.39. The van der Waals surface area contributed by atoms with Gasteiger partial charge in [-0.1, -0.05) is 6.92 Å². The monoisotopic (exact) mass is 251 g/mol. The Morgan fingerprint density at radius 3 is 2.83 bits per heavy atom. The minimum absolute atomic E-state index is 0.0511. The van der Waals surface area contributed by atoms with E-state index in [-0.39, 0.29) is 5.69 Å². The Hall–Kier alpha value is -1.92. The molecule has 18 heavy (non-hydrogen) atoms. The Balaban J connectivity index is 2.24. The molecular weight excluding hydrogens is 234 g/mol. The van der Waals surface area contributed by atoms with Gasteiger partial charge in [-0.15, -0.1) is 0 Å². The molecule has 1 fully saturated rings. The van der Waals surface area contributed by atoms with Crippen molar-refractivity contribution in [1.82, 2.24) is 9.97 Å². The van der Waals surface area contributed by atoms with Crippen LogP contribution in [0.5, 0.6) is 0 Å². The van der Waals surface area contributed by atoms with Crippen LogP contribution in [0, 0.1) is 22.0 Å². The fraction of sp³-hybridized carbons (Fsp3) is 0.636. The topological polar surface area (TPSA) is 84.2 Å². The smallest absolute Gasteiger partial charge is 0.329 e. The van der Waals surface area contributed by atoms with E-state index in [1.54, 1.807) is 7.05 Å². The van der Waals surface area contributed by atoms with E-state index in [1.165, 1.54) is 12.6 Å². The number of aromatic nitrogens is 2. The molecule has 0 spiro atoms. The van der Waals surface area contributed by atoms with Crippen LogP contribution in [0.4, 0.5) is 17.5 Å². The van der Waals surface area contributed by atoms with Crippen molar-refractivity contribution >= 4 is 17.5 Å². The van der Waals surface area contributed by atoms with Gasteiger partial charge in [-0.05, 0) is 18.3 Å². The second kappa shape index (κ2) is 4.75. The van der Waals surface area contributed by atoms with Crippen LogP contribution in [0.2, 0.25) is 0 Å². The van der Waals surface area contributed by atoms with Crippen molar-refractivity contribution in [2.75, 3.05) is 30.9 Å². The second-order valence-electron chi connectivity index (χ2n) is 4.76. The summed E-state index contributed by atoms with van der Waals surface area (Å²) in [7, 11) is 3.52. The molecule has 0 aliphatic heterocycles. The zero-order valence-electron chi connectivity index (χ0n) is 10.8. The molecular formula is C11H17N5O2. The van der Waals surface area contributed by atoms with Crippen LogP contribution < -0.4 is 10.2 Å². The van der Waals surface area contributed by atoms with Gasteiger partial charge in [0, 0.05) is 20.6 Å². The normalized spacial score (nSPS) is 21.5. The van der Waals surface area contributed by atoms with Crippen LogP contribution in [0.3, 0.4) is 0 Å². The molecule has 0 aromatic carbocycles. The van der Waals surface area contributed by atoms with Gasteiger partial charge in [-0.2, -0.15) is 4.98 Å². The summed E-state index contributed by atoms with van der Waals surface area (Å²) in [5.74, 6) is 2.09. The van der Waals surface area contributed by atoms with Crippen molar-refractivity contribution in [3.05, 3.63) is 16.3 Å². The molecule has 7 heteroatoms. The Morgan fingerprint density at radius 1 is 1.67 bits per heavy atom. The van der Waals surface area contributed by atoms with Crippen molar-refractivity contribution in [2.24, 2.45) is 11.8 Å². The number of nitrogens with zero attached hydrogens (tertiary/aromatic N) is 4. The molecule has 1 saturated carbocycles. The number of nitrogens with one attached hydrogen (secondary N) is 1. The van der Waals surface area contributed by atoms with Gasteiger partial charge in [0.25, 0.3) is 0 Å². The minimum atomic E-state index is -0.443. The molecule has 98 valence electrons. The Morgan fingerprint density at radius 2 is 2.33 bits per heavy atom. The summed E-state index contributed by atoms with van der Waals surface area (Å²) in [4.78, 5) is 20.4. The molecule has 2 unspecified atom stereocenters. The van der Waals surface area contributed by atoms with E-state index in [0.717, 1.165) is 6.54 Å². The zero-order valence-corrected chi connectivity index (χ0v) is 10.8. The van der Waals surface area contributed by atoms with Crippen molar-refractivity contribution < 1.29 is 4.92 Å². The van der Waals surface area contributed by atoms with Gasteiger partial charge >= 0.3 is 5.69 Å². The molecule has 0 radical (unpaired) electrons. The van der Waals surface area contributed by atoms with Crippen molar-refractivity contribution in [2.45, 2.75) is 13.3 Å². The number of rotatable bonds is 5. The second-order valence-corrected chi connectivity index (χ2v) is 4.76. The average molecular weight is 251 g/mol. The standard InChI is InChI=1S/C11H17N5O2/c1-7-4-8(7)6-15(3)10-9(16(17)18)5-13-11(12-2)14-10/h5,7-8H,4,6H2,1-3H3,(H,12,13,14). The maximum Gasteiger partial charge on any atom is 0.329 e. The zero-order chi connectivity index (χ0) is 13.3. The van der Waals surface area contributed by atoms with Crippen LogP contribution >= 0.6 is 0 Å². The molecule has 1 aromatic heterocycles. The van der Waals surface area contributed by atoms with E-state index < -0.39 is 4.92 Å². The first kappa shape index (κ1) is 12.5. The molecule has 2 rings (SSSR count). The van der Waals surface area contributed by atoms with Crippen LogP contribution in [0.1, 0.15) is 13.3 Å². The highest BCUT2D eigenvalue weighted by molar-refractivity contribution is 5.58. The maximum atomic E-state index is 11.0. The fourth-order valence-electron chi connectivity index (χ4n) is 1.99. The summed E-state index contributed by atoms with van der Waals surface area (Å²) in [5.41, 5.74) is -0.0511. The third kappa shape index (κ3) is 2.49. The molecule has 1 aliphatic rings. The summed E-state index contributed by atoms with van der Waals surface area (Å²) in [6.07, 6.45) is 2.43. The first-order valence-corrected chi connectivity index (χ1v) is 5.93. The third-order valence-corrected chi connectivity index (χ3v) is 3.32. The summed E-state index contributed by atoms with van der Waals surface area (Å²) >= 11 is 0. The van der Waals surface area contributed by atoms with Gasteiger partial charge < -0.3 is 10.2 Å². The Labute approximate surface area is 105 Å². The largest absolute Gasteiger partial charge is 0.357 e. The van der Waals surface area contributed by atoms with Gasteiger partial charge in [0.1, 0.15) is 6.20 Å². The highest BCUT2D eigenvalue weighted by atomic mass is 16.6. The lowest BCUT2D eigenvalue weighted by atomic mass is 10.3. The molecule has 2 atom stereocenters. The van der Waals surface area contributed by atoms with Crippen LogP contribution in [0.15, 0.2) is 6.20 Å². The van der Waals surface area contributed by atoms with Gasteiger partial charge in [0.15, 0.2) is 0 Å². The van der Waals surface area contributed by atoms with E-state index in [9.17, 15) is 10.1 Å². The molecule has 0 amide bonds. The average Bonchev–Trinajstić information content (AvgIpc) is 3.03. The number of nitro groups is 1. The minimum Gasteiger partial charge on any atom is -0.357 e. The summed E-state index contributed by atoms with van der Waals surface area (Å²) in [6.45, 7) is 2.98. The molecule has 0 saturated heterocycles. The van der Waals surface area contributed by atoms with Crippen LogP contribution in [-0.2, 0) is 0 Å². The summed E-state index contributed by atoms with van der Waals surface area (Å²) in [6, 6.07) is 0. The highest BCUT2D eigenvalue weighted by Gasteiger charge is 2.34. The Bertz CT molecular complexity index is 465. The number of hydrogen-bond acceptors (Lipinski definition) is 6. The van der Waals surface area contributed by atoms with Gasteiger partial charge in [-0.25, -0.2) is 4.98 Å². The number of anilines is 2. The van der Waals surface area contributed by atoms with E-state index >= 15 is 0 Å². The first-order chi connectivity index (χ1) is 8.52. The van der Waals surface area contributed by atoms with Crippen molar-refractivity contribution in [3.8, 4) is 0 Å². The third-order valence-electron chi connectivity index (χ3n) is 3.32. The summed E-state index contributed by atoms with van der Waals surface area (Å²) < 4.78 is 0. The van der Waals surface area contributed by atoms with E-state index in [4.69, 9.17) is 0 Å². The quantitative estimate of drug-likeness (QED) is 0.631. The van der Waals surface area contributed by atoms with E-state index in [1.807, 2.05) is 11.9 Å². The van der Waals surface area contributed by atoms with E-state index in [2.05, 4.69) is 22.2 Å². The molecule has 1 aliphatic carbocycles. The first-order valence-electron chi connectivity index (χ1n) is 5.93. The van der Waals surface area contributed by atoms with Gasteiger partial charge in [0.05, 0.1) is 4.92 Å².